The minimum atomic E-state index is 0.0208. The van der Waals surface area contributed by atoms with Crippen LogP contribution in [0.3, 0.4) is 0 Å². The number of furan rings is 1. The van der Waals surface area contributed by atoms with E-state index in [-0.39, 0.29) is 6.04 Å². The Hall–Kier alpha value is -2.21. The fourth-order valence-electron chi connectivity index (χ4n) is 2.60. The summed E-state index contributed by atoms with van der Waals surface area (Å²) in [6.07, 6.45) is 1.71. The van der Waals surface area contributed by atoms with Crippen molar-refractivity contribution < 1.29 is 4.42 Å². The predicted octanol–water partition coefficient (Wildman–Crippen LogP) is 5.34. The van der Waals surface area contributed by atoms with Crippen LogP contribution in [0.2, 0.25) is 0 Å². The lowest BCUT2D eigenvalue weighted by molar-refractivity contribution is 0.444. The second-order valence-electron chi connectivity index (χ2n) is 5.40. The molecule has 1 atom stereocenters. The quantitative estimate of drug-likeness (QED) is 0.509. The van der Waals surface area contributed by atoms with Crippen LogP contribution >= 0.6 is 22.7 Å². The van der Waals surface area contributed by atoms with Gasteiger partial charge in [-0.15, -0.1) is 11.3 Å². The molecule has 120 valence electrons. The molecule has 0 aliphatic rings. The largest absolute Gasteiger partial charge is 0.467 e. The van der Waals surface area contributed by atoms with Gasteiger partial charge < -0.3 is 4.42 Å². The molecule has 0 unspecified atom stereocenters. The van der Waals surface area contributed by atoms with Crippen molar-refractivity contribution in [3.8, 4) is 10.6 Å². The first-order chi connectivity index (χ1) is 11.9. The third-order valence-corrected chi connectivity index (χ3v) is 5.39. The van der Waals surface area contributed by atoms with Crippen LogP contribution in [0.5, 0.6) is 0 Å². The Morgan fingerprint density at radius 1 is 1.04 bits per heavy atom. The summed E-state index contributed by atoms with van der Waals surface area (Å²) in [7, 11) is 0. The number of rotatable bonds is 6. The summed E-state index contributed by atoms with van der Waals surface area (Å²) in [5, 5.41) is 11.0. The van der Waals surface area contributed by atoms with Crippen molar-refractivity contribution in [2.45, 2.75) is 12.6 Å². The van der Waals surface area contributed by atoms with E-state index in [1.54, 1.807) is 28.9 Å². The first-order valence-electron chi connectivity index (χ1n) is 7.69. The van der Waals surface area contributed by atoms with E-state index in [1.807, 2.05) is 30.3 Å². The van der Waals surface area contributed by atoms with Gasteiger partial charge in [-0.3, -0.25) is 5.32 Å². The Bertz CT molecular complexity index is 867. The molecular formula is C19H16N2OS2. The highest BCUT2D eigenvalue weighted by molar-refractivity contribution is 7.14. The van der Waals surface area contributed by atoms with Crippen LogP contribution in [0.1, 0.15) is 23.1 Å². The molecule has 0 aliphatic heterocycles. The lowest BCUT2D eigenvalue weighted by Crippen LogP contribution is -2.21. The second kappa shape index (κ2) is 7.13. The molecule has 5 heteroatoms. The number of hydrogen-bond acceptors (Lipinski definition) is 5. The highest BCUT2D eigenvalue weighted by Crippen LogP contribution is 2.27. The van der Waals surface area contributed by atoms with E-state index >= 15 is 0 Å². The van der Waals surface area contributed by atoms with Gasteiger partial charge in [0.25, 0.3) is 0 Å². The first kappa shape index (κ1) is 15.3. The van der Waals surface area contributed by atoms with Crippen LogP contribution in [0, 0.1) is 0 Å². The zero-order valence-corrected chi connectivity index (χ0v) is 14.5. The van der Waals surface area contributed by atoms with Crippen LogP contribution in [0.4, 0.5) is 0 Å². The van der Waals surface area contributed by atoms with Crippen LogP contribution < -0.4 is 5.32 Å². The van der Waals surface area contributed by atoms with Crippen LogP contribution in [-0.4, -0.2) is 4.98 Å². The van der Waals surface area contributed by atoms with Crippen molar-refractivity contribution in [3.63, 3.8) is 0 Å². The Kier molecular flexibility index (Phi) is 4.55. The Balaban J connectivity index is 1.52. The monoisotopic (exact) mass is 352 g/mol. The summed E-state index contributed by atoms with van der Waals surface area (Å²) in [4.78, 5) is 4.73. The molecule has 3 nitrogen and oxygen atoms in total. The second-order valence-corrected chi connectivity index (χ2v) is 7.03. The van der Waals surface area contributed by atoms with Gasteiger partial charge in [0, 0.05) is 22.9 Å². The van der Waals surface area contributed by atoms with Gasteiger partial charge in [0.05, 0.1) is 18.0 Å². The highest BCUT2D eigenvalue weighted by Gasteiger charge is 2.16. The van der Waals surface area contributed by atoms with Gasteiger partial charge in [-0.1, -0.05) is 30.3 Å². The van der Waals surface area contributed by atoms with E-state index < -0.39 is 0 Å². The third-order valence-electron chi connectivity index (χ3n) is 3.77. The molecule has 1 aromatic carbocycles. The molecule has 0 saturated carbocycles. The van der Waals surface area contributed by atoms with E-state index in [2.05, 4.69) is 39.7 Å². The van der Waals surface area contributed by atoms with Crippen LogP contribution in [-0.2, 0) is 6.54 Å². The van der Waals surface area contributed by atoms with E-state index in [1.165, 1.54) is 11.1 Å². The Morgan fingerprint density at radius 2 is 1.96 bits per heavy atom. The average molecular weight is 352 g/mol. The van der Waals surface area contributed by atoms with Crippen LogP contribution in [0.25, 0.3) is 10.6 Å². The van der Waals surface area contributed by atoms with E-state index in [0.29, 0.717) is 6.54 Å². The minimum absolute atomic E-state index is 0.0208. The number of hydrogen-bond donors (Lipinski definition) is 1. The van der Waals surface area contributed by atoms with Gasteiger partial charge in [-0.25, -0.2) is 4.98 Å². The van der Waals surface area contributed by atoms with Gasteiger partial charge in [-0.05, 0) is 29.1 Å². The molecule has 0 saturated heterocycles. The molecule has 0 radical (unpaired) electrons. The fourth-order valence-corrected chi connectivity index (χ4v) is 4.13. The SMILES string of the molecule is c1ccc([C@@H](NCc2csc(-c3ccsc3)n2)c2ccco2)cc1. The van der Waals surface area contributed by atoms with E-state index in [4.69, 9.17) is 9.40 Å². The summed E-state index contributed by atoms with van der Waals surface area (Å²) in [5.41, 5.74) is 3.43. The van der Waals surface area contributed by atoms with E-state index in [0.717, 1.165) is 16.5 Å². The fraction of sp³-hybridized carbons (Fsp3) is 0.105. The molecule has 3 aromatic heterocycles. The maximum Gasteiger partial charge on any atom is 0.125 e. The van der Waals surface area contributed by atoms with E-state index in [9.17, 15) is 0 Å². The van der Waals surface area contributed by atoms with Gasteiger partial charge in [0.1, 0.15) is 10.8 Å². The van der Waals surface area contributed by atoms with Crippen LogP contribution in [0.15, 0.2) is 75.4 Å². The third kappa shape index (κ3) is 3.33. The molecule has 0 amide bonds. The molecule has 0 bridgehead atoms. The number of thiophene rings is 1. The smallest absolute Gasteiger partial charge is 0.125 e. The number of nitrogens with zero attached hydrogens (tertiary/aromatic N) is 1. The van der Waals surface area contributed by atoms with Crippen molar-refractivity contribution in [2.75, 3.05) is 0 Å². The van der Waals surface area contributed by atoms with Crippen molar-refractivity contribution >= 4 is 22.7 Å². The molecule has 0 fully saturated rings. The topological polar surface area (TPSA) is 38.1 Å². The predicted molar refractivity (Wildman–Crippen MR) is 99.3 cm³/mol. The molecule has 4 aromatic rings. The molecule has 0 aliphatic carbocycles. The van der Waals surface area contributed by atoms with Gasteiger partial charge in [0.2, 0.25) is 0 Å². The normalized spacial score (nSPS) is 12.3. The van der Waals surface area contributed by atoms with Gasteiger partial charge in [-0.2, -0.15) is 11.3 Å². The lowest BCUT2D eigenvalue weighted by atomic mass is 10.0. The number of aromatic nitrogens is 1. The highest BCUT2D eigenvalue weighted by atomic mass is 32.1. The van der Waals surface area contributed by atoms with Gasteiger partial charge in [0.15, 0.2) is 0 Å². The summed E-state index contributed by atoms with van der Waals surface area (Å²) in [6.45, 7) is 0.695. The number of benzene rings is 1. The number of thiazole rings is 1. The van der Waals surface area contributed by atoms with Crippen molar-refractivity contribution in [1.82, 2.24) is 10.3 Å². The molecule has 0 spiro atoms. The molecular weight excluding hydrogens is 336 g/mol. The Morgan fingerprint density at radius 3 is 2.71 bits per heavy atom. The maximum absolute atomic E-state index is 5.62. The van der Waals surface area contributed by atoms with Crippen molar-refractivity contribution in [1.29, 1.82) is 0 Å². The van der Waals surface area contributed by atoms with Gasteiger partial charge >= 0.3 is 0 Å². The first-order valence-corrected chi connectivity index (χ1v) is 9.51. The summed E-state index contributed by atoms with van der Waals surface area (Å²) in [5.74, 6) is 0.912. The Labute approximate surface area is 148 Å². The summed E-state index contributed by atoms with van der Waals surface area (Å²) >= 11 is 3.38. The standard InChI is InChI=1S/C19H16N2OS2/c1-2-5-14(6-3-1)18(17-7-4-9-22-17)20-11-16-13-24-19(21-16)15-8-10-23-12-15/h1-10,12-13,18,20H,11H2/t18-/m1/s1. The average Bonchev–Trinajstić information content (AvgIpc) is 3.38. The minimum Gasteiger partial charge on any atom is -0.467 e. The van der Waals surface area contributed by atoms with Crippen molar-refractivity contribution in [3.05, 3.63) is 88.0 Å². The number of nitrogens with one attached hydrogen (secondary N) is 1. The maximum atomic E-state index is 5.62. The zero-order valence-electron chi connectivity index (χ0n) is 12.9. The van der Waals surface area contributed by atoms with Crippen molar-refractivity contribution in [2.24, 2.45) is 0 Å². The molecule has 24 heavy (non-hydrogen) atoms. The molecule has 1 N–H and O–H groups in total. The summed E-state index contributed by atoms with van der Waals surface area (Å²) < 4.78 is 5.62. The molecule has 3 heterocycles. The zero-order chi connectivity index (χ0) is 16.2. The lowest BCUT2D eigenvalue weighted by Gasteiger charge is -2.16. The molecule has 4 rings (SSSR count). The summed E-state index contributed by atoms with van der Waals surface area (Å²) in [6, 6.07) is 16.4.